The lowest BCUT2D eigenvalue weighted by molar-refractivity contribution is 0.415. The Kier molecular flexibility index (Phi) is 4.84. The third kappa shape index (κ3) is 3.62. The van der Waals surface area contributed by atoms with Crippen molar-refractivity contribution in [3.8, 4) is 5.75 Å². The fourth-order valence-corrected chi connectivity index (χ4v) is 3.57. The maximum atomic E-state index is 13.3. The minimum absolute atomic E-state index is 0.000815. The van der Waals surface area contributed by atoms with E-state index in [4.69, 9.17) is 22.1 Å². The topological polar surface area (TPSA) is 98.0 Å². The van der Waals surface area contributed by atoms with E-state index in [0.29, 0.717) is 28.1 Å². The van der Waals surface area contributed by atoms with Gasteiger partial charge in [0.05, 0.1) is 22.3 Å². The van der Waals surface area contributed by atoms with Crippen molar-refractivity contribution in [2.24, 2.45) is 0 Å². The molecule has 0 saturated carbocycles. The highest BCUT2D eigenvalue weighted by Gasteiger charge is 2.12. The SMILES string of the molecule is COc1ccc2nc(Nc3ncnc(Nc4ccc(F)c(Cl)c4)c3N)sc2c1. The summed E-state index contributed by atoms with van der Waals surface area (Å²) in [6.07, 6.45) is 1.36. The van der Waals surface area contributed by atoms with Crippen LogP contribution < -0.4 is 21.1 Å². The molecule has 0 fully saturated rings. The number of halogens is 2. The van der Waals surface area contributed by atoms with Gasteiger partial charge in [-0.3, -0.25) is 0 Å². The molecule has 0 atom stereocenters. The Balaban J connectivity index is 1.60. The van der Waals surface area contributed by atoms with Gasteiger partial charge in [-0.15, -0.1) is 0 Å². The number of nitrogen functional groups attached to an aromatic ring is 1. The van der Waals surface area contributed by atoms with Gasteiger partial charge < -0.3 is 21.1 Å². The second-order valence-electron chi connectivity index (χ2n) is 5.72. The first-order valence-electron chi connectivity index (χ1n) is 8.07. The largest absolute Gasteiger partial charge is 0.497 e. The van der Waals surface area contributed by atoms with Gasteiger partial charge >= 0.3 is 0 Å². The zero-order valence-corrected chi connectivity index (χ0v) is 16.1. The zero-order valence-electron chi connectivity index (χ0n) is 14.5. The molecule has 0 aliphatic carbocycles. The molecule has 0 amide bonds. The van der Waals surface area contributed by atoms with E-state index in [0.717, 1.165) is 16.0 Å². The van der Waals surface area contributed by atoms with E-state index in [2.05, 4.69) is 25.6 Å². The zero-order chi connectivity index (χ0) is 19.7. The van der Waals surface area contributed by atoms with Crippen LogP contribution in [0.15, 0.2) is 42.7 Å². The first kappa shape index (κ1) is 18.2. The molecule has 0 saturated heterocycles. The maximum absolute atomic E-state index is 13.3. The first-order valence-corrected chi connectivity index (χ1v) is 9.27. The number of thiazole rings is 1. The van der Waals surface area contributed by atoms with Gasteiger partial charge in [0.2, 0.25) is 0 Å². The predicted molar refractivity (Wildman–Crippen MR) is 111 cm³/mol. The van der Waals surface area contributed by atoms with E-state index in [1.807, 2.05) is 18.2 Å². The highest BCUT2D eigenvalue weighted by Crippen LogP contribution is 2.33. The number of nitrogens with zero attached hydrogens (tertiary/aromatic N) is 3. The lowest BCUT2D eigenvalue weighted by Crippen LogP contribution is -2.05. The molecule has 2 aromatic heterocycles. The van der Waals surface area contributed by atoms with E-state index in [9.17, 15) is 4.39 Å². The summed E-state index contributed by atoms with van der Waals surface area (Å²) in [5, 5.41) is 6.75. The molecule has 7 nitrogen and oxygen atoms in total. The van der Waals surface area contributed by atoms with Crippen LogP contribution in [-0.2, 0) is 0 Å². The van der Waals surface area contributed by atoms with E-state index in [1.165, 1.54) is 35.9 Å². The molecule has 28 heavy (non-hydrogen) atoms. The van der Waals surface area contributed by atoms with Gasteiger partial charge in [0.15, 0.2) is 16.8 Å². The number of hydrogen-bond acceptors (Lipinski definition) is 8. The highest BCUT2D eigenvalue weighted by molar-refractivity contribution is 7.22. The van der Waals surface area contributed by atoms with E-state index in [1.54, 1.807) is 7.11 Å². The lowest BCUT2D eigenvalue weighted by Gasteiger charge is -2.11. The van der Waals surface area contributed by atoms with Gasteiger partial charge in [0.25, 0.3) is 0 Å². The molecule has 10 heteroatoms. The summed E-state index contributed by atoms with van der Waals surface area (Å²) >= 11 is 7.26. The van der Waals surface area contributed by atoms with E-state index in [-0.39, 0.29) is 5.02 Å². The summed E-state index contributed by atoms with van der Waals surface area (Å²) in [4.78, 5) is 12.8. The number of methoxy groups -OCH3 is 1. The van der Waals surface area contributed by atoms with Crippen molar-refractivity contribution in [3.05, 3.63) is 53.6 Å². The molecule has 2 aromatic carbocycles. The van der Waals surface area contributed by atoms with Crippen LogP contribution in [-0.4, -0.2) is 22.1 Å². The molecule has 0 bridgehead atoms. The number of hydrogen-bond donors (Lipinski definition) is 3. The fraction of sp³-hybridized carbons (Fsp3) is 0.0556. The van der Waals surface area contributed by atoms with E-state index < -0.39 is 5.82 Å². The molecule has 0 radical (unpaired) electrons. The summed E-state index contributed by atoms with van der Waals surface area (Å²) in [6.45, 7) is 0. The number of benzene rings is 2. The molecule has 0 unspecified atom stereocenters. The smallest absolute Gasteiger partial charge is 0.189 e. The number of ether oxygens (including phenoxy) is 1. The molecule has 2 heterocycles. The molecule has 4 rings (SSSR count). The summed E-state index contributed by atoms with van der Waals surface area (Å²) in [5.41, 5.74) is 7.86. The van der Waals surface area contributed by atoms with Crippen molar-refractivity contribution in [3.63, 3.8) is 0 Å². The molecular weight excluding hydrogens is 403 g/mol. The average Bonchev–Trinajstić information content (AvgIpc) is 3.09. The number of nitrogens with two attached hydrogens (primary N) is 1. The molecule has 4 N–H and O–H groups in total. The molecule has 0 spiro atoms. The van der Waals surface area contributed by atoms with Crippen molar-refractivity contribution in [2.75, 3.05) is 23.5 Å². The van der Waals surface area contributed by atoms with Gasteiger partial charge in [-0.1, -0.05) is 22.9 Å². The molecule has 0 aliphatic rings. The van der Waals surface area contributed by atoms with Crippen LogP contribution >= 0.6 is 22.9 Å². The minimum Gasteiger partial charge on any atom is -0.497 e. The quantitative estimate of drug-likeness (QED) is 0.423. The Labute approximate surface area is 168 Å². The summed E-state index contributed by atoms with van der Waals surface area (Å²) in [7, 11) is 1.62. The van der Waals surface area contributed by atoms with Crippen LogP contribution in [0.2, 0.25) is 5.02 Å². The van der Waals surface area contributed by atoms with Crippen LogP contribution in [0.5, 0.6) is 5.75 Å². The predicted octanol–water partition coefficient (Wildman–Crippen LogP) is 4.96. The lowest BCUT2D eigenvalue weighted by atomic mass is 10.3. The Morgan fingerprint density at radius 3 is 2.64 bits per heavy atom. The summed E-state index contributed by atoms with van der Waals surface area (Å²) < 4.78 is 19.5. The van der Waals surface area contributed by atoms with Crippen LogP contribution in [0.25, 0.3) is 10.2 Å². The van der Waals surface area contributed by atoms with Crippen molar-refractivity contribution in [1.29, 1.82) is 0 Å². The number of fused-ring (bicyclic) bond motifs is 1. The monoisotopic (exact) mass is 416 g/mol. The standard InChI is InChI=1S/C18H14ClFN6OS/c1-27-10-3-5-13-14(7-10)28-18(25-13)26-17-15(21)16(22-8-23-17)24-9-2-4-12(20)11(19)6-9/h2-8H,21H2,1H3,(H2,22,23,24,25,26). The average molecular weight is 417 g/mol. The third-order valence-corrected chi connectivity index (χ3v) is 5.11. The Morgan fingerprint density at radius 2 is 1.89 bits per heavy atom. The van der Waals surface area contributed by atoms with Gasteiger partial charge in [-0.05, 0) is 36.4 Å². The molecule has 142 valence electrons. The van der Waals surface area contributed by atoms with Gasteiger partial charge in [-0.25, -0.2) is 19.3 Å². The van der Waals surface area contributed by atoms with Crippen molar-refractivity contribution in [2.45, 2.75) is 0 Å². The number of aromatic nitrogens is 3. The Bertz CT molecular complexity index is 1170. The normalized spacial score (nSPS) is 10.8. The van der Waals surface area contributed by atoms with Gasteiger partial charge in [0, 0.05) is 5.69 Å². The third-order valence-electron chi connectivity index (χ3n) is 3.89. The van der Waals surface area contributed by atoms with E-state index >= 15 is 0 Å². The number of anilines is 5. The maximum Gasteiger partial charge on any atom is 0.189 e. The molecule has 4 aromatic rings. The second-order valence-corrected chi connectivity index (χ2v) is 7.15. The van der Waals surface area contributed by atoms with Crippen LogP contribution in [0, 0.1) is 5.82 Å². The number of rotatable bonds is 5. The first-order chi connectivity index (χ1) is 13.5. The summed E-state index contributed by atoms with van der Waals surface area (Å²) in [5.74, 6) is 1.02. The van der Waals surface area contributed by atoms with Crippen LogP contribution in [0.1, 0.15) is 0 Å². The fourth-order valence-electron chi connectivity index (χ4n) is 2.49. The molecular formula is C18H14ClFN6OS. The van der Waals surface area contributed by atoms with Crippen molar-refractivity contribution >= 4 is 61.3 Å². The van der Waals surface area contributed by atoms with Gasteiger partial charge in [-0.2, -0.15) is 0 Å². The van der Waals surface area contributed by atoms with Crippen LogP contribution in [0.4, 0.5) is 32.5 Å². The Hall–Kier alpha value is -3.17. The highest BCUT2D eigenvalue weighted by atomic mass is 35.5. The van der Waals surface area contributed by atoms with Gasteiger partial charge in [0.1, 0.15) is 23.6 Å². The second kappa shape index (κ2) is 7.45. The summed E-state index contributed by atoms with van der Waals surface area (Å²) in [6, 6.07) is 9.89. The van der Waals surface area contributed by atoms with Crippen molar-refractivity contribution < 1.29 is 9.13 Å². The van der Waals surface area contributed by atoms with Crippen molar-refractivity contribution in [1.82, 2.24) is 15.0 Å². The number of nitrogens with one attached hydrogen (secondary N) is 2. The minimum atomic E-state index is -0.502. The van der Waals surface area contributed by atoms with Crippen LogP contribution in [0.3, 0.4) is 0 Å². The molecule has 0 aliphatic heterocycles. The Morgan fingerprint density at radius 1 is 1.11 bits per heavy atom.